The topological polar surface area (TPSA) is 125 Å². The molecule has 1 fully saturated rings. The van der Waals surface area contributed by atoms with Gasteiger partial charge in [-0.2, -0.15) is 5.26 Å². The van der Waals surface area contributed by atoms with Crippen molar-refractivity contribution in [2.24, 2.45) is 0 Å². The number of hydrogen-bond acceptors (Lipinski definition) is 8. The number of hydrogen-bond donors (Lipinski definition) is 2. The van der Waals surface area contributed by atoms with Crippen molar-refractivity contribution in [1.82, 2.24) is 15.2 Å². The van der Waals surface area contributed by atoms with E-state index < -0.39 is 6.10 Å². The van der Waals surface area contributed by atoms with Crippen LogP contribution in [0.2, 0.25) is 0 Å². The number of aromatic nitrogens is 1. The van der Waals surface area contributed by atoms with Crippen molar-refractivity contribution in [3.63, 3.8) is 0 Å². The van der Waals surface area contributed by atoms with Crippen molar-refractivity contribution in [3.8, 4) is 11.8 Å². The fourth-order valence-electron chi connectivity index (χ4n) is 4.51. The molecule has 1 amide bonds. The number of pyridine rings is 1. The van der Waals surface area contributed by atoms with Crippen molar-refractivity contribution in [1.29, 1.82) is 5.26 Å². The fourth-order valence-corrected chi connectivity index (χ4v) is 4.51. The van der Waals surface area contributed by atoms with Gasteiger partial charge in [0.15, 0.2) is 0 Å². The first-order valence-corrected chi connectivity index (χ1v) is 11.4. The highest BCUT2D eigenvalue weighted by Crippen LogP contribution is 2.30. The molecule has 1 saturated heterocycles. The summed E-state index contributed by atoms with van der Waals surface area (Å²) >= 11 is 0. The molecule has 1 atom stereocenters. The summed E-state index contributed by atoms with van der Waals surface area (Å²) in [6.45, 7) is 6.32. The average molecular weight is 465 g/mol. The summed E-state index contributed by atoms with van der Waals surface area (Å²) in [7, 11) is 0. The molecular formula is C25H28N4O5. The quantitative estimate of drug-likeness (QED) is 0.598. The van der Waals surface area contributed by atoms with Crippen LogP contribution in [0.3, 0.4) is 0 Å². The number of nitriles is 1. The van der Waals surface area contributed by atoms with E-state index in [0.717, 1.165) is 42.6 Å². The number of likely N-dealkylation sites (tertiary alicyclic amines) is 1. The zero-order valence-electron chi connectivity index (χ0n) is 19.3. The number of esters is 1. The molecule has 9 heteroatoms. The second kappa shape index (κ2) is 10.2. The molecule has 0 saturated carbocycles. The molecule has 34 heavy (non-hydrogen) atoms. The van der Waals surface area contributed by atoms with Crippen LogP contribution in [0.1, 0.15) is 69.0 Å². The number of benzene rings is 1. The molecular weight excluding hydrogens is 436 g/mol. The second-order valence-corrected chi connectivity index (χ2v) is 8.56. The van der Waals surface area contributed by atoms with Gasteiger partial charge < -0.3 is 24.8 Å². The number of amides is 1. The second-order valence-electron chi connectivity index (χ2n) is 8.56. The molecule has 4 rings (SSSR count). The van der Waals surface area contributed by atoms with E-state index in [-0.39, 0.29) is 30.2 Å². The standard InChI is InChI=1S/C25H28N4O5/c1-3-33-23-10-21(27-12-16(23)11-26)24(31)28-17-6-8-29(9-7-17)13-22(30)18-4-5-19-20(15(18)2)14-34-25(19)32/h4-5,10,12,17,22,30H,3,6-9,13-14H2,1-2H3,(H,28,31)/t22-/m0/s1. The molecule has 9 nitrogen and oxygen atoms in total. The summed E-state index contributed by atoms with van der Waals surface area (Å²) in [5.74, 6) is -0.255. The lowest BCUT2D eigenvalue weighted by atomic mass is 9.94. The Hall–Kier alpha value is -3.48. The van der Waals surface area contributed by atoms with Gasteiger partial charge in [-0.05, 0) is 43.9 Å². The number of carbonyl (C=O) groups excluding carboxylic acids is 2. The minimum atomic E-state index is -0.674. The number of nitrogens with one attached hydrogen (secondary N) is 1. The summed E-state index contributed by atoms with van der Waals surface area (Å²) in [6, 6.07) is 7.04. The molecule has 2 aliphatic rings. The number of aliphatic hydroxyl groups is 1. The monoisotopic (exact) mass is 464 g/mol. The van der Waals surface area contributed by atoms with Gasteiger partial charge in [-0.25, -0.2) is 9.78 Å². The van der Waals surface area contributed by atoms with Crippen molar-refractivity contribution >= 4 is 11.9 Å². The Balaban J connectivity index is 1.31. The van der Waals surface area contributed by atoms with Crippen LogP contribution in [-0.4, -0.2) is 59.1 Å². The van der Waals surface area contributed by atoms with Gasteiger partial charge >= 0.3 is 5.97 Å². The number of piperidine rings is 1. The molecule has 2 aromatic rings. The van der Waals surface area contributed by atoms with E-state index in [9.17, 15) is 14.7 Å². The van der Waals surface area contributed by atoms with Crippen LogP contribution < -0.4 is 10.1 Å². The third-order valence-electron chi connectivity index (χ3n) is 6.44. The Bertz CT molecular complexity index is 1130. The van der Waals surface area contributed by atoms with E-state index in [2.05, 4.69) is 15.2 Å². The Morgan fingerprint density at radius 1 is 1.41 bits per heavy atom. The minimum absolute atomic E-state index is 0.00114. The highest BCUT2D eigenvalue weighted by molar-refractivity contribution is 5.94. The number of cyclic esters (lactones) is 1. The van der Waals surface area contributed by atoms with Crippen LogP contribution in [0.15, 0.2) is 24.4 Å². The van der Waals surface area contributed by atoms with Crippen LogP contribution in [0, 0.1) is 18.3 Å². The van der Waals surface area contributed by atoms with Gasteiger partial charge in [0.25, 0.3) is 5.91 Å². The van der Waals surface area contributed by atoms with Crippen LogP contribution >= 0.6 is 0 Å². The molecule has 0 aliphatic carbocycles. The largest absolute Gasteiger partial charge is 0.492 e. The van der Waals surface area contributed by atoms with Crippen molar-refractivity contribution in [2.75, 3.05) is 26.2 Å². The van der Waals surface area contributed by atoms with E-state index in [1.807, 2.05) is 19.9 Å². The Morgan fingerprint density at radius 2 is 2.18 bits per heavy atom. The van der Waals surface area contributed by atoms with Crippen LogP contribution in [0.5, 0.6) is 5.75 Å². The van der Waals surface area contributed by atoms with Crippen molar-refractivity contribution in [3.05, 3.63) is 57.9 Å². The van der Waals surface area contributed by atoms with Crippen LogP contribution in [0.4, 0.5) is 0 Å². The highest BCUT2D eigenvalue weighted by atomic mass is 16.5. The van der Waals surface area contributed by atoms with E-state index in [4.69, 9.17) is 14.7 Å². The highest BCUT2D eigenvalue weighted by Gasteiger charge is 2.28. The number of β-amino-alcohol motifs (C(OH)–C–C–N with tert-alkyl or cyclic N) is 1. The van der Waals surface area contributed by atoms with E-state index in [1.54, 1.807) is 12.1 Å². The molecule has 0 radical (unpaired) electrons. The minimum Gasteiger partial charge on any atom is -0.492 e. The third kappa shape index (κ3) is 4.88. The first-order chi connectivity index (χ1) is 16.4. The van der Waals surface area contributed by atoms with Crippen LogP contribution in [0.25, 0.3) is 0 Å². The molecule has 1 aromatic carbocycles. The van der Waals surface area contributed by atoms with Gasteiger partial charge in [-0.3, -0.25) is 4.79 Å². The number of ether oxygens (including phenoxy) is 2. The summed E-state index contributed by atoms with van der Waals surface area (Å²) < 4.78 is 10.5. The molecule has 1 aromatic heterocycles. The smallest absolute Gasteiger partial charge is 0.338 e. The van der Waals surface area contributed by atoms with E-state index in [0.29, 0.717) is 30.0 Å². The van der Waals surface area contributed by atoms with E-state index in [1.165, 1.54) is 12.3 Å². The number of rotatable bonds is 7. The number of fused-ring (bicyclic) bond motifs is 1. The van der Waals surface area contributed by atoms with Gasteiger partial charge in [0.2, 0.25) is 0 Å². The summed E-state index contributed by atoms with van der Waals surface area (Å²) in [4.78, 5) is 30.7. The fraction of sp³-hybridized carbons (Fsp3) is 0.440. The van der Waals surface area contributed by atoms with Gasteiger partial charge in [0.1, 0.15) is 29.7 Å². The molecule has 2 aliphatic heterocycles. The molecule has 0 bridgehead atoms. The maximum atomic E-state index is 12.7. The number of nitrogens with zero attached hydrogens (tertiary/aromatic N) is 3. The predicted molar refractivity (Wildman–Crippen MR) is 122 cm³/mol. The summed E-state index contributed by atoms with van der Waals surface area (Å²) in [5.41, 5.74) is 3.66. The third-order valence-corrected chi connectivity index (χ3v) is 6.44. The lowest BCUT2D eigenvalue weighted by molar-refractivity contribution is 0.0534. The lowest BCUT2D eigenvalue weighted by Crippen LogP contribution is -2.45. The summed E-state index contributed by atoms with van der Waals surface area (Å²) in [6.07, 6.45) is 2.18. The number of carbonyl (C=O) groups is 2. The van der Waals surface area contributed by atoms with Crippen molar-refractivity contribution in [2.45, 2.75) is 45.4 Å². The van der Waals surface area contributed by atoms with Gasteiger partial charge in [-0.1, -0.05) is 6.07 Å². The maximum absolute atomic E-state index is 12.7. The van der Waals surface area contributed by atoms with Crippen molar-refractivity contribution < 1.29 is 24.2 Å². The number of aliphatic hydroxyl groups excluding tert-OH is 1. The first-order valence-electron chi connectivity index (χ1n) is 11.4. The predicted octanol–water partition coefficient (Wildman–Crippen LogP) is 2.26. The van der Waals surface area contributed by atoms with Gasteiger partial charge in [-0.15, -0.1) is 0 Å². The summed E-state index contributed by atoms with van der Waals surface area (Å²) in [5, 5.41) is 23.0. The normalized spacial score (nSPS) is 16.9. The molecule has 3 heterocycles. The zero-order chi connectivity index (χ0) is 24.2. The molecule has 0 spiro atoms. The van der Waals surface area contributed by atoms with Crippen LogP contribution in [-0.2, 0) is 11.3 Å². The Kier molecular flexibility index (Phi) is 7.10. The molecule has 178 valence electrons. The maximum Gasteiger partial charge on any atom is 0.338 e. The lowest BCUT2D eigenvalue weighted by Gasteiger charge is -2.33. The Labute approximate surface area is 198 Å². The average Bonchev–Trinajstić information content (AvgIpc) is 3.22. The molecule has 2 N–H and O–H groups in total. The van der Waals surface area contributed by atoms with Gasteiger partial charge in [0, 0.05) is 43.5 Å². The molecule has 0 unspecified atom stereocenters. The van der Waals surface area contributed by atoms with E-state index >= 15 is 0 Å². The zero-order valence-corrected chi connectivity index (χ0v) is 19.3. The van der Waals surface area contributed by atoms with Gasteiger partial charge in [0.05, 0.1) is 18.3 Å². The SMILES string of the molecule is CCOc1cc(C(=O)NC2CCN(C[C@H](O)c3ccc4c(c3C)COC4=O)CC2)ncc1C#N. The first kappa shape index (κ1) is 23.7. The Morgan fingerprint density at radius 3 is 2.88 bits per heavy atom.